The molecule has 2 aromatic carbocycles. The Hall–Kier alpha value is -3.55. The average Bonchev–Trinajstić information content (AvgIpc) is 2.73. The molecule has 0 aliphatic heterocycles. The highest BCUT2D eigenvalue weighted by Crippen LogP contribution is 2.12. The number of Topliss-reactive ketones (excluding diaryl/α,β-unsaturated/α-hetero) is 1. The molecule has 0 bridgehead atoms. The Labute approximate surface area is 168 Å². The summed E-state index contributed by atoms with van der Waals surface area (Å²) in [4.78, 5) is 46.3. The molecule has 1 N–H and O–H groups in total. The topological polar surface area (TPSA) is 116 Å². The lowest BCUT2D eigenvalue weighted by atomic mass is 10.0. The molecular weight excluding hydrogens is 376 g/mol. The van der Waals surface area contributed by atoms with Gasteiger partial charge in [0.25, 0.3) is 11.6 Å². The molecule has 0 heterocycles. The molecule has 0 saturated heterocycles. The largest absolute Gasteiger partial charge is 0.454 e. The molecule has 1 atom stereocenters. The summed E-state index contributed by atoms with van der Waals surface area (Å²) in [6.45, 7) is 3.53. The van der Waals surface area contributed by atoms with Crippen LogP contribution < -0.4 is 5.32 Å². The monoisotopic (exact) mass is 398 g/mol. The number of hydrogen-bond acceptors (Lipinski definition) is 6. The summed E-state index contributed by atoms with van der Waals surface area (Å²) in [6.07, 6.45) is -0.171. The van der Waals surface area contributed by atoms with Crippen LogP contribution in [0.3, 0.4) is 0 Å². The van der Waals surface area contributed by atoms with Crippen LogP contribution in [0, 0.1) is 10.1 Å². The number of nitro benzene ring substituents is 1. The van der Waals surface area contributed by atoms with E-state index in [4.69, 9.17) is 4.74 Å². The zero-order chi connectivity index (χ0) is 21.4. The SMILES string of the molecule is CCc1ccc(C(=O)C(C)OC(=O)CCNC(=O)c2ccc([N+](=O)[O-])cc2)cc1. The van der Waals surface area contributed by atoms with E-state index in [9.17, 15) is 24.5 Å². The van der Waals surface area contributed by atoms with Crippen molar-refractivity contribution in [2.75, 3.05) is 6.54 Å². The van der Waals surface area contributed by atoms with Gasteiger partial charge in [-0.15, -0.1) is 0 Å². The van der Waals surface area contributed by atoms with Gasteiger partial charge in [0.05, 0.1) is 11.3 Å². The Bertz CT molecular complexity index is 890. The van der Waals surface area contributed by atoms with E-state index >= 15 is 0 Å². The van der Waals surface area contributed by atoms with Crippen LogP contribution in [-0.2, 0) is 16.0 Å². The second-order valence-corrected chi connectivity index (χ2v) is 6.36. The Morgan fingerprint density at radius 3 is 2.17 bits per heavy atom. The molecule has 0 fully saturated rings. The van der Waals surface area contributed by atoms with E-state index in [0.29, 0.717) is 5.56 Å². The van der Waals surface area contributed by atoms with Gasteiger partial charge in [0.1, 0.15) is 0 Å². The summed E-state index contributed by atoms with van der Waals surface area (Å²) in [5.41, 5.74) is 1.69. The minimum Gasteiger partial charge on any atom is -0.454 e. The van der Waals surface area contributed by atoms with Crippen LogP contribution in [0.25, 0.3) is 0 Å². The highest BCUT2D eigenvalue weighted by Gasteiger charge is 2.19. The minimum absolute atomic E-state index is 0.0146. The molecule has 0 radical (unpaired) electrons. The van der Waals surface area contributed by atoms with Gasteiger partial charge in [-0.2, -0.15) is 0 Å². The lowest BCUT2D eigenvalue weighted by molar-refractivity contribution is -0.384. The molecule has 0 aliphatic carbocycles. The zero-order valence-electron chi connectivity index (χ0n) is 16.2. The number of amides is 1. The van der Waals surface area contributed by atoms with Crippen molar-refractivity contribution in [1.29, 1.82) is 0 Å². The van der Waals surface area contributed by atoms with Gasteiger partial charge in [0.2, 0.25) is 5.78 Å². The Balaban J connectivity index is 1.78. The summed E-state index contributed by atoms with van der Waals surface area (Å²) in [5, 5.41) is 13.1. The number of carbonyl (C=O) groups is 3. The fourth-order valence-electron chi connectivity index (χ4n) is 2.56. The van der Waals surface area contributed by atoms with E-state index in [-0.39, 0.29) is 30.0 Å². The van der Waals surface area contributed by atoms with E-state index in [0.717, 1.165) is 12.0 Å². The van der Waals surface area contributed by atoms with Crippen molar-refractivity contribution in [3.63, 3.8) is 0 Å². The number of hydrogen-bond donors (Lipinski definition) is 1. The number of nitrogens with zero attached hydrogens (tertiary/aromatic N) is 1. The van der Waals surface area contributed by atoms with Crippen LogP contribution in [0.5, 0.6) is 0 Å². The number of nitrogens with one attached hydrogen (secondary N) is 1. The molecule has 0 saturated carbocycles. The number of benzene rings is 2. The van der Waals surface area contributed by atoms with Crippen molar-refractivity contribution >= 4 is 23.3 Å². The zero-order valence-corrected chi connectivity index (χ0v) is 16.2. The van der Waals surface area contributed by atoms with Crippen LogP contribution in [-0.4, -0.2) is 35.2 Å². The fourth-order valence-corrected chi connectivity index (χ4v) is 2.56. The maximum atomic E-state index is 12.3. The number of ketones is 1. The molecule has 2 aromatic rings. The van der Waals surface area contributed by atoms with Gasteiger partial charge in [-0.05, 0) is 31.0 Å². The molecule has 0 aliphatic rings. The molecule has 1 unspecified atom stereocenters. The van der Waals surface area contributed by atoms with Crippen molar-refractivity contribution < 1.29 is 24.0 Å². The maximum Gasteiger partial charge on any atom is 0.308 e. The van der Waals surface area contributed by atoms with E-state index < -0.39 is 22.9 Å². The highest BCUT2D eigenvalue weighted by molar-refractivity contribution is 6.00. The number of esters is 1. The van der Waals surface area contributed by atoms with Crippen molar-refractivity contribution in [3.8, 4) is 0 Å². The Morgan fingerprint density at radius 1 is 1.03 bits per heavy atom. The number of nitro groups is 1. The number of ether oxygens (including phenoxy) is 1. The third kappa shape index (κ3) is 6.24. The molecule has 1 amide bonds. The van der Waals surface area contributed by atoms with Crippen molar-refractivity contribution in [2.24, 2.45) is 0 Å². The summed E-state index contributed by atoms with van der Waals surface area (Å²) in [6, 6.07) is 12.2. The predicted octanol–water partition coefficient (Wildman–Crippen LogP) is 3.09. The van der Waals surface area contributed by atoms with Crippen molar-refractivity contribution in [1.82, 2.24) is 5.32 Å². The summed E-state index contributed by atoms with van der Waals surface area (Å²) < 4.78 is 5.14. The molecular formula is C21H22N2O6. The van der Waals surface area contributed by atoms with Crippen molar-refractivity contribution in [3.05, 3.63) is 75.3 Å². The summed E-state index contributed by atoms with van der Waals surface area (Å²) in [7, 11) is 0. The maximum absolute atomic E-state index is 12.3. The molecule has 0 aromatic heterocycles. The van der Waals surface area contributed by atoms with Crippen LogP contribution in [0.1, 0.15) is 46.5 Å². The molecule has 0 spiro atoms. The third-order valence-electron chi connectivity index (χ3n) is 4.28. The number of carbonyl (C=O) groups excluding carboxylic acids is 3. The molecule has 8 heteroatoms. The molecule has 29 heavy (non-hydrogen) atoms. The smallest absolute Gasteiger partial charge is 0.308 e. The first kappa shape index (κ1) is 21.7. The van der Waals surface area contributed by atoms with E-state index in [1.165, 1.54) is 31.2 Å². The quantitative estimate of drug-likeness (QED) is 0.300. The Kier molecular flexibility index (Phi) is 7.59. The van der Waals surface area contributed by atoms with Crippen molar-refractivity contribution in [2.45, 2.75) is 32.8 Å². The standard InChI is InChI=1S/C21H22N2O6/c1-3-15-4-6-16(7-5-15)20(25)14(2)29-19(24)12-13-22-21(26)17-8-10-18(11-9-17)23(27)28/h4-11,14H,3,12-13H2,1-2H3,(H,22,26). The highest BCUT2D eigenvalue weighted by atomic mass is 16.6. The van der Waals surface area contributed by atoms with Crippen LogP contribution in [0.2, 0.25) is 0 Å². The number of aryl methyl sites for hydroxylation is 1. The predicted molar refractivity (Wildman–Crippen MR) is 106 cm³/mol. The lowest BCUT2D eigenvalue weighted by Gasteiger charge is -2.13. The second kappa shape index (κ2) is 10.1. The minimum atomic E-state index is -0.930. The number of rotatable bonds is 9. The van der Waals surface area contributed by atoms with Gasteiger partial charge in [0.15, 0.2) is 6.10 Å². The summed E-state index contributed by atoms with van der Waals surface area (Å²) >= 11 is 0. The van der Waals surface area contributed by atoms with E-state index in [2.05, 4.69) is 5.32 Å². The average molecular weight is 398 g/mol. The molecule has 152 valence electrons. The Morgan fingerprint density at radius 2 is 1.62 bits per heavy atom. The van der Waals surface area contributed by atoms with Gasteiger partial charge in [-0.3, -0.25) is 24.5 Å². The number of non-ortho nitro benzene ring substituents is 1. The first-order valence-corrected chi connectivity index (χ1v) is 9.17. The first-order chi connectivity index (χ1) is 13.8. The molecule has 8 nitrogen and oxygen atoms in total. The van der Waals surface area contributed by atoms with Crippen LogP contribution in [0.4, 0.5) is 5.69 Å². The third-order valence-corrected chi connectivity index (χ3v) is 4.28. The fraction of sp³-hybridized carbons (Fsp3) is 0.286. The normalized spacial score (nSPS) is 11.4. The van der Waals surface area contributed by atoms with Gasteiger partial charge < -0.3 is 10.1 Å². The molecule has 2 rings (SSSR count). The van der Waals surface area contributed by atoms with Crippen LogP contribution in [0.15, 0.2) is 48.5 Å². The van der Waals surface area contributed by atoms with Gasteiger partial charge in [-0.25, -0.2) is 0 Å². The second-order valence-electron chi connectivity index (χ2n) is 6.36. The first-order valence-electron chi connectivity index (χ1n) is 9.17. The lowest BCUT2D eigenvalue weighted by Crippen LogP contribution is -2.29. The summed E-state index contributed by atoms with van der Waals surface area (Å²) in [5.74, 6) is -1.37. The van der Waals surface area contributed by atoms with Gasteiger partial charge >= 0.3 is 5.97 Å². The van der Waals surface area contributed by atoms with Gasteiger partial charge in [0, 0.05) is 29.8 Å². The van der Waals surface area contributed by atoms with Crippen LogP contribution >= 0.6 is 0 Å². The van der Waals surface area contributed by atoms with E-state index in [1.54, 1.807) is 12.1 Å². The van der Waals surface area contributed by atoms with E-state index in [1.807, 2.05) is 19.1 Å². The van der Waals surface area contributed by atoms with Gasteiger partial charge in [-0.1, -0.05) is 31.2 Å².